The number of nitrogens with one attached hydrogen (secondary N) is 1. The Kier molecular flexibility index (Phi) is 7.24. The van der Waals surface area contributed by atoms with Crippen molar-refractivity contribution < 1.29 is 19.1 Å². The van der Waals surface area contributed by atoms with Crippen LogP contribution in [0.3, 0.4) is 0 Å². The molecule has 0 heterocycles. The lowest BCUT2D eigenvalue weighted by atomic mass is 10.2. The number of esters is 1. The maximum absolute atomic E-state index is 11.8. The SMILES string of the molecule is COCC(=O)Nc1c(I)cc(I)c(C(=O)OC)c1I. The predicted molar refractivity (Wildman–Crippen MR) is 96.4 cm³/mol. The molecule has 0 saturated heterocycles. The van der Waals surface area contributed by atoms with Crippen LogP contribution < -0.4 is 5.32 Å². The van der Waals surface area contributed by atoms with Gasteiger partial charge in [-0.15, -0.1) is 0 Å². The Hall–Kier alpha value is 0.310. The summed E-state index contributed by atoms with van der Waals surface area (Å²) in [6, 6.07) is 1.82. The van der Waals surface area contributed by atoms with Crippen molar-refractivity contribution in [1.82, 2.24) is 0 Å². The van der Waals surface area contributed by atoms with Crippen LogP contribution in [0.25, 0.3) is 0 Å². The Bertz CT molecular complexity index is 519. The molecule has 19 heavy (non-hydrogen) atoms. The average Bonchev–Trinajstić information content (AvgIpc) is 2.34. The van der Waals surface area contributed by atoms with Gasteiger partial charge in [0.15, 0.2) is 0 Å². The van der Waals surface area contributed by atoms with Gasteiger partial charge in [0.05, 0.1) is 21.9 Å². The highest BCUT2D eigenvalue weighted by Gasteiger charge is 2.21. The molecular formula is C11H10I3NO4. The zero-order chi connectivity index (χ0) is 14.6. The highest BCUT2D eigenvalue weighted by molar-refractivity contribution is 14.1. The lowest BCUT2D eigenvalue weighted by Gasteiger charge is -2.14. The molecule has 8 heteroatoms. The number of hydrogen-bond donors (Lipinski definition) is 1. The summed E-state index contributed by atoms with van der Waals surface area (Å²) in [5.41, 5.74) is 1.06. The summed E-state index contributed by atoms with van der Waals surface area (Å²) < 4.78 is 11.8. The molecule has 0 saturated carbocycles. The van der Waals surface area contributed by atoms with Crippen LogP contribution in [-0.2, 0) is 14.3 Å². The van der Waals surface area contributed by atoms with Crippen LogP contribution in [0.1, 0.15) is 10.4 Å². The molecule has 0 radical (unpaired) electrons. The Labute approximate surface area is 151 Å². The van der Waals surface area contributed by atoms with Crippen LogP contribution in [-0.4, -0.2) is 32.7 Å². The first kappa shape index (κ1) is 17.4. The molecular weight excluding hydrogens is 591 g/mol. The van der Waals surface area contributed by atoms with E-state index in [4.69, 9.17) is 9.47 Å². The summed E-state index contributed by atoms with van der Waals surface area (Å²) in [7, 11) is 2.78. The third kappa shape index (κ3) is 4.39. The van der Waals surface area contributed by atoms with Crippen LogP contribution in [0.5, 0.6) is 0 Å². The Morgan fingerprint density at radius 3 is 2.37 bits per heavy atom. The second kappa shape index (κ2) is 7.93. The number of ether oxygens (including phenoxy) is 2. The Morgan fingerprint density at radius 1 is 1.21 bits per heavy atom. The summed E-state index contributed by atoms with van der Waals surface area (Å²) in [5.74, 6) is -0.692. The normalized spacial score (nSPS) is 10.2. The minimum atomic E-state index is -0.424. The van der Waals surface area contributed by atoms with Crippen LogP contribution in [0.4, 0.5) is 5.69 Å². The molecule has 1 N–H and O–H groups in total. The van der Waals surface area contributed by atoms with Crippen LogP contribution in [0.2, 0.25) is 0 Å². The molecule has 1 aromatic rings. The zero-order valence-electron chi connectivity index (χ0n) is 10.1. The van der Waals surface area contributed by atoms with Gasteiger partial charge in [-0.3, -0.25) is 4.79 Å². The van der Waals surface area contributed by atoms with Gasteiger partial charge in [0.25, 0.3) is 0 Å². The first-order chi connectivity index (χ1) is 8.92. The van der Waals surface area contributed by atoms with Crippen LogP contribution >= 0.6 is 67.8 Å². The van der Waals surface area contributed by atoms with E-state index in [-0.39, 0.29) is 12.5 Å². The van der Waals surface area contributed by atoms with Gasteiger partial charge in [-0.1, -0.05) is 0 Å². The fourth-order valence-electron chi connectivity index (χ4n) is 1.30. The van der Waals surface area contributed by atoms with Gasteiger partial charge in [-0.05, 0) is 73.8 Å². The molecule has 104 valence electrons. The fraction of sp³-hybridized carbons (Fsp3) is 0.273. The number of benzene rings is 1. The van der Waals surface area contributed by atoms with E-state index in [9.17, 15) is 9.59 Å². The standard InChI is InChI=1S/C11H10I3NO4/c1-18-4-7(16)15-10-6(13)3-5(12)8(9(10)14)11(17)19-2/h3H,4H2,1-2H3,(H,15,16). The van der Waals surface area contributed by atoms with Crippen molar-refractivity contribution in [1.29, 1.82) is 0 Å². The molecule has 0 aliphatic heterocycles. The highest BCUT2D eigenvalue weighted by Crippen LogP contribution is 2.32. The lowest BCUT2D eigenvalue weighted by Crippen LogP contribution is -2.20. The van der Waals surface area contributed by atoms with E-state index in [0.717, 1.165) is 7.14 Å². The maximum atomic E-state index is 11.8. The van der Waals surface area contributed by atoms with Crippen molar-refractivity contribution in [2.24, 2.45) is 0 Å². The molecule has 0 unspecified atom stereocenters. The molecule has 0 spiro atoms. The molecule has 0 aliphatic rings. The minimum absolute atomic E-state index is 0.0360. The predicted octanol–water partition coefficient (Wildman–Crippen LogP) is 2.87. The van der Waals surface area contributed by atoms with Gasteiger partial charge in [0.1, 0.15) is 6.61 Å². The molecule has 1 aromatic carbocycles. The number of hydrogen-bond acceptors (Lipinski definition) is 4. The number of carbonyl (C=O) groups is 2. The van der Waals surface area contributed by atoms with Gasteiger partial charge in [-0.2, -0.15) is 0 Å². The van der Waals surface area contributed by atoms with Gasteiger partial charge >= 0.3 is 5.97 Å². The molecule has 5 nitrogen and oxygen atoms in total. The smallest absolute Gasteiger partial charge is 0.340 e. The van der Waals surface area contributed by atoms with Crippen molar-refractivity contribution in [3.63, 3.8) is 0 Å². The number of amides is 1. The van der Waals surface area contributed by atoms with E-state index in [2.05, 4.69) is 50.5 Å². The molecule has 1 amide bonds. The first-order valence-corrected chi connectivity index (χ1v) is 8.20. The van der Waals surface area contributed by atoms with Crippen molar-refractivity contribution in [2.75, 3.05) is 26.1 Å². The van der Waals surface area contributed by atoms with E-state index in [0.29, 0.717) is 14.8 Å². The maximum Gasteiger partial charge on any atom is 0.340 e. The average molecular weight is 601 g/mol. The molecule has 0 aliphatic carbocycles. The second-order valence-corrected chi connectivity index (χ2v) is 6.78. The summed E-state index contributed by atoms with van der Waals surface area (Å²) in [6.45, 7) is -0.0360. The summed E-state index contributed by atoms with van der Waals surface area (Å²) in [5, 5.41) is 2.74. The van der Waals surface area contributed by atoms with Gasteiger partial charge in [-0.25, -0.2) is 4.79 Å². The largest absolute Gasteiger partial charge is 0.465 e. The van der Waals surface area contributed by atoms with Gasteiger partial charge in [0.2, 0.25) is 5.91 Å². The fourth-order valence-corrected chi connectivity index (χ4v) is 5.38. The number of rotatable bonds is 4. The molecule has 0 bridgehead atoms. The van der Waals surface area contributed by atoms with E-state index >= 15 is 0 Å². The lowest BCUT2D eigenvalue weighted by molar-refractivity contribution is -0.119. The third-order valence-corrected chi connectivity index (χ3v) is 4.88. The third-order valence-electron chi connectivity index (χ3n) is 2.10. The van der Waals surface area contributed by atoms with E-state index in [1.54, 1.807) is 0 Å². The number of carbonyl (C=O) groups excluding carboxylic acids is 2. The number of anilines is 1. The summed E-state index contributed by atoms with van der Waals surface area (Å²) in [4.78, 5) is 23.4. The van der Waals surface area contributed by atoms with E-state index in [1.807, 2.05) is 28.7 Å². The zero-order valence-corrected chi connectivity index (χ0v) is 16.5. The molecule has 1 rings (SSSR count). The van der Waals surface area contributed by atoms with Crippen molar-refractivity contribution in [3.05, 3.63) is 22.3 Å². The minimum Gasteiger partial charge on any atom is -0.465 e. The highest BCUT2D eigenvalue weighted by atomic mass is 127. The first-order valence-electron chi connectivity index (χ1n) is 4.97. The quantitative estimate of drug-likeness (QED) is 0.427. The number of halogens is 3. The second-order valence-electron chi connectivity index (χ2n) is 3.38. The van der Waals surface area contributed by atoms with E-state index in [1.165, 1.54) is 14.2 Å². The van der Waals surface area contributed by atoms with Crippen molar-refractivity contribution in [2.45, 2.75) is 0 Å². The Balaban J connectivity index is 3.25. The topological polar surface area (TPSA) is 64.6 Å². The van der Waals surface area contributed by atoms with Crippen LogP contribution in [0.15, 0.2) is 6.07 Å². The number of methoxy groups -OCH3 is 2. The van der Waals surface area contributed by atoms with E-state index < -0.39 is 5.97 Å². The van der Waals surface area contributed by atoms with Gasteiger partial charge < -0.3 is 14.8 Å². The monoisotopic (exact) mass is 601 g/mol. The van der Waals surface area contributed by atoms with Crippen molar-refractivity contribution in [3.8, 4) is 0 Å². The summed E-state index contributed by atoms with van der Waals surface area (Å²) in [6.07, 6.45) is 0. The van der Waals surface area contributed by atoms with Crippen molar-refractivity contribution >= 4 is 85.3 Å². The molecule has 0 aromatic heterocycles. The molecule has 0 fully saturated rings. The van der Waals surface area contributed by atoms with Gasteiger partial charge in [0, 0.05) is 14.3 Å². The molecule has 0 atom stereocenters. The van der Waals surface area contributed by atoms with Crippen LogP contribution in [0, 0.1) is 10.7 Å². The Morgan fingerprint density at radius 2 is 1.84 bits per heavy atom. The summed E-state index contributed by atoms with van der Waals surface area (Å²) >= 11 is 6.20.